The Morgan fingerprint density at radius 2 is 1.96 bits per heavy atom. The maximum atomic E-state index is 12.5. The van der Waals surface area contributed by atoms with E-state index in [9.17, 15) is 4.79 Å². The molecule has 0 radical (unpaired) electrons. The molecular formula is C19H15Cl2N3O2. The lowest BCUT2D eigenvalue weighted by Crippen LogP contribution is -2.25. The Morgan fingerprint density at radius 3 is 2.73 bits per heavy atom. The van der Waals surface area contributed by atoms with Crippen LogP contribution in [0.1, 0.15) is 23.7 Å². The van der Waals surface area contributed by atoms with Gasteiger partial charge in [0.05, 0.1) is 0 Å². The van der Waals surface area contributed by atoms with E-state index in [1.165, 1.54) is 0 Å². The molecule has 2 aromatic carbocycles. The van der Waals surface area contributed by atoms with Gasteiger partial charge in [-0.1, -0.05) is 34.4 Å². The van der Waals surface area contributed by atoms with Gasteiger partial charge < -0.3 is 9.42 Å². The zero-order valence-corrected chi connectivity index (χ0v) is 15.5. The molecule has 1 saturated heterocycles. The number of nitrogens with zero attached hydrogens (tertiary/aromatic N) is 3. The van der Waals surface area contributed by atoms with Crippen molar-refractivity contribution in [1.29, 1.82) is 0 Å². The van der Waals surface area contributed by atoms with Gasteiger partial charge in [-0.15, -0.1) is 0 Å². The lowest BCUT2D eigenvalue weighted by Gasteiger charge is -2.18. The Hall–Kier alpha value is -2.37. The van der Waals surface area contributed by atoms with Gasteiger partial charge in [-0.05, 0) is 48.9 Å². The topological polar surface area (TPSA) is 59.2 Å². The van der Waals surface area contributed by atoms with Gasteiger partial charge in [0, 0.05) is 40.2 Å². The van der Waals surface area contributed by atoms with Gasteiger partial charge >= 0.3 is 0 Å². The van der Waals surface area contributed by atoms with Crippen LogP contribution >= 0.6 is 23.2 Å². The minimum Gasteiger partial charge on any atom is -0.334 e. The molecule has 1 atom stereocenters. The SMILES string of the molecule is Cc1cc(Cl)ccc1N1CC(c2noc(-c3cccc(Cl)c3)n2)CC1=O. The largest absolute Gasteiger partial charge is 0.334 e. The van der Waals surface area contributed by atoms with E-state index >= 15 is 0 Å². The molecule has 0 saturated carbocycles. The Bertz CT molecular complexity index is 986. The summed E-state index contributed by atoms with van der Waals surface area (Å²) in [6.07, 6.45) is 0.344. The van der Waals surface area contributed by atoms with Crippen molar-refractivity contribution in [3.8, 4) is 11.5 Å². The van der Waals surface area contributed by atoms with E-state index in [1.54, 1.807) is 23.1 Å². The van der Waals surface area contributed by atoms with Gasteiger partial charge in [0.1, 0.15) is 0 Å². The first kappa shape index (κ1) is 17.1. The first-order valence-corrected chi connectivity index (χ1v) is 8.93. The average molecular weight is 388 g/mol. The molecule has 2 heterocycles. The predicted octanol–water partition coefficient (Wildman–Crippen LogP) is 4.87. The Kier molecular flexibility index (Phi) is 4.42. The summed E-state index contributed by atoms with van der Waals surface area (Å²) in [6, 6.07) is 12.7. The second kappa shape index (κ2) is 6.74. The monoisotopic (exact) mass is 387 g/mol. The zero-order valence-electron chi connectivity index (χ0n) is 13.9. The van der Waals surface area contributed by atoms with Crippen LogP contribution in [0.15, 0.2) is 47.0 Å². The number of amides is 1. The van der Waals surface area contributed by atoms with Crippen molar-refractivity contribution in [2.75, 3.05) is 11.4 Å². The van der Waals surface area contributed by atoms with Crippen molar-refractivity contribution in [2.45, 2.75) is 19.3 Å². The molecule has 0 N–H and O–H groups in total. The molecule has 1 aliphatic rings. The molecule has 1 unspecified atom stereocenters. The normalized spacial score (nSPS) is 17.1. The van der Waals surface area contributed by atoms with Crippen molar-refractivity contribution >= 4 is 34.8 Å². The van der Waals surface area contributed by atoms with Crippen molar-refractivity contribution in [3.05, 3.63) is 63.9 Å². The highest BCUT2D eigenvalue weighted by Crippen LogP contribution is 2.34. The first-order chi connectivity index (χ1) is 12.5. The molecule has 0 spiro atoms. The lowest BCUT2D eigenvalue weighted by atomic mass is 10.1. The molecule has 5 nitrogen and oxygen atoms in total. The molecular weight excluding hydrogens is 373 g/mol. The number of aromatic nitrogens is 2. The molecule has 1 aliphatic heterocycles. The number of carbonyl (C=O) groups excluding carboxylic acids is 1. The van der Waals surface area contributed by atoms with E-state index in [-0.39, 0.29) is 11.8 Å². The third-order valence-corrected chi connectivity index (χ3v) is 4.92. The number of rotatable bonds is 3. The van der Waals surface area contributed by atoms with Gasteiger partial charge in [-0.25, -0.2) is 0 Å². The van der Waals surface area contributed by atoms with Crippen LogP contribution in [0.5, 0.6) is 0 Å². The molecule has 7 heteroatoms. The van der Waals surface area contributed by atoms with E-state index in [1.807, 2.05) is 31.2 Å². The smallest absolute Gasteiger partial charge is 0.257 e. The van der Waals surface area contributed by atoms with Crippen molar-refractivity contribution in [3.63, 3.8) is 0 Å². The van der Waals surface area contributed by atoms with Crippen LogP contribution in [0, 0.1) is 6.92 Å². The molecule has 1 amide bonds. The van der Waals surface area contributed by atoms with E-state index in [2.05, 4.69) is 10.1 Å². The molecule has 3 aromatic rings. The Morgan fingerprint density at radius 1 is 1.15 bits per heavy atom. The molecule has 0 aliphatic carbocycles. The number of aryl methyl sites for hydroxylation is 1. The van der Waals surface area contributed by atoms with E-state index in [0.717, 1.165) is 16.8 Å². The molecule has 1 aromatic heterocycles. The number of hydrogen-bond donors (Lipinski definition) is 0. The fourth-order valence-electron chi connectivity index (χ4n) is 3.17. The third-order valence-electron chi connectivity index (χ3n) is 4.45. The summed E-state index contributed by atoms with van der Waals surface area (Å²) in [4.78, 5) is 18.7. The minimum absolute atomic E-state index is 0.0366. The quantitative estimate of drug-likeness (QED) is 0.642. The molecule has 132 valence electrons. The number of halogens is 2. The van der Waals surface area contributed by atoms with Gasteiger partial charge in [-0.2, -0.15) is 4.98 Å². The summed E-state index contributed by atoms with van der Waals surface area (Å²) in [6.45, 7) is 2.45. The van der Waals surface area contributed by atoms with Gasteiger partial charge in [-0.3, -0.25) is 4.79 Å². The highest BCUT2D eigenvalue weighted by atomic mass is 35.5. The van der Waals surface area contributed by atoms with Crippen LogP contribution in [0.4, 0.5) is 5.69 Å². The fourth-order valence-corrected chi connectivity index (χ4v) is 3.59. The van der Waals surface area contributed by atoms with Crippen LogP contribution in [0.3, 0.4) is 0 Å². The predicted molar refractivity (Wildman–Crippen MR) is 101 cm³/mol. The van der Waals surface area contributed by atoms with Gasteiger partial charge in [0.2, 0.25) is 5.91 Å². The number of anilines is 1. The Labute approximate surface area is 160 Å². The van der Waals surface area contributed by atoms with Crippen LogP contribution < -0.4 is 4.90 Å². The third kappa shape index (κ3) is 3.20. The summed E-state index contributed by atoms with van der Waals surface area (Å²) in [5.74, 6) is 0.849. The van der Waals surface area contributed by atoms with Crippen molar-refractivity contribution in [1.82, 2.24) is 10.1 Å². The number of hydrogen-bond acceptors (Lipinski definition) is 4. The maximum Gasteiger partial charge on any atom is 0.257 e. The summed E-state index contributed by atoms with van der Waals surface area (Å²) in [7, 11) is 0. The summed E-state index contributed by atoms with van der Waals surface area (Å²) in [5, 5.41) is 5.33. The summed E-state index contributed by atoms with van der Waals surface area (Å²) in [5.41, 5.74) is 2.57. The van der Waals surface area contributed by atoms with Crippen LogP contribution in [0.25, 0.3) is 11.5 Å². The lowest BCUT2D eigenvalue weighted by molar-refractivity contribution is -0.117. The molecule has 0 bridgehead atoms. The molecule has 4 rings (SSSR count). The second-order valence-electron chi connectivity index (χ2n) is 6.30. The van der Waals surface area contributed by atoms with Crippen LogP contribution in [0.2, 0.25) is 10.0 Å². The zero-order chi connectivity index (χ0) is 18.3. The molecule has 26 heavy (non-hydrogen) atoms. The first-order valence-electron chi connectivity index (χ1n) is 8.17. The number of carbonyl (C=O) groups is 1. The average Bonchev–Trinajstić information content (AvgIpc) is 3.22. The van der Waals surface area contributed by atoms with Crippen LogP contribution in [-0.4, -0.2) is 22.6 Å². The van der Waals surface area contributed by atoms with Crippen molar-refractivity contribution < 1.29 is 9.32 Å². The number of benzene rings is 2. The minimum atomic E-state index is -0.116. The van der Waals surface area contributed by atoms with E-state index in [0.29, 0.717) is 34.7 Å². The standard InChI is InChI=1S/C19H15Cl2N3O2/c1-11-7-15(21)5-6-16(11)24-10-13(9-17(24)25)18-22-19(26-23-18)12-3-2-4-14(20)8-12/h2-8,13H,9-10H2,1H3. The highest BCUT2D eigenvalue weighted by Gasteiger charge is 2.35. The summed E-state index contributed by atoms with van der Waals surface area (Å²) >= 11 is 12.0. The summed E-state index contributed by atoms with van der Waals surface area (Å²) < 4.78 is 5.37. The van der Waals surface area contributed by atoms with E-state index in [4.69, 9.17) is 27.7 Å². The van der Waals surface area contributed by atoms with Gasteiger partial charge in [0.25, 0.3) is 5.89 Å². The van der Waals surface area contributed by atoms with Crippen LogP contribution in [-0.2, 0) is 4.79 Å². The Balaban J connectivity index is 1.58. The van der Waals surface area contributed by atoms with Crippen molar-refractivity contribution in [2.24, 2.45) is 0 Å². The molecule has 1 fully saturated rings. The maximum absolute atomic E-state index is 12.5. The van der Waals surface area contributed by atoms with E-state index < -0.39 is 0 Å². The highest BCUT2D eigenvalue weighted by molar-refractivity contribution is 6.31. The second-order valence-corrected chi connectivity index (χ2v) is 7.18. The van der Waals surface area contributed by atoms with Gasteiger partial charge in [0.15, 0.2) is 5.82 Å². The fraction of sp³-hybridized carbons (Fsp3) is 0.211.